The van der Waals surface area contributed by atoms with Crippen LogP contribution in [0.5, 0.6) is 5.75 Å². The first-order valence-corrected chi connectivity index (χ1v) is 9.75. The molecule has 0 saturated carbocycles. The Bertz CT molecular complexity index is 611. The molecule has 0 bridgehead atoms. The number of hydrogen-bond acceptors (Lipinski definition) is 6. The van der Waals surface area contributed by atoms with Gasteiger partial charge in [-0.25, -0.2) is 13.6 Å². The van der Waals surface area contributed by atoms with Crippen LogP contribution in [0, 0.1) is 0 Å². The molecule has 1 aromatic rings. The Balaban J connectivity index is 0.00000529. The van der Waals surface area contributed by atoms with E-state index < -0.39 is 10.0 Å². The van der Waals surface area contributed by atoms with Crippen molar-refractivity contribution in [1.29, 1.82) is 0 Å². The second kappa shape index (κ2) is 10.8. The molecule has 0 heterocycles. The van der Waals surface area contributed by atoms with Crippen LogP contribution in [0.2, 0.25) is 0 Å². The molecular weight excluding hydrogens is 374 g/mol. The number of amides is 1. The van der Waals surface area contributed by atoms with E-state index >= 15 is 0 Å². The zero-order chi connectivity index (χ0) is 17.5. The van der Waals surface area contributed by atoms with Gasteiger partial charge >= 0.3 is 0 Å². The van der Waals surface area contributed by atoms with Crippen LogP contribution in [-0.2, 0) is 14.8 Å². The Labute approximate surface area is 153 Å². The van der Waals surface area contributed by atoms with Gasteiger partial charge in [0.1, 0.15) is 5.75 Å². The lowest BCUT2D eigenvalue weighted by Crippen LogP contribution is -2.40. The average Bonchev–Trinajstić information content (AvgIpc) is 2.52. The molecule has 0 spiro atoms. The molecule has 1 aromatic carbocycles. The van der Waals surface area contributed by atoms with Crippen LogP contribution in [0.25, 0.3) is 0 Å². The number of nitrogens with two attached hydrogens (primary N) is 2. The highest BCUT2D eigenvalue weighted by atomic mass is 35.5. The number of likely N-dealkylation sites (N-methyl/N-ethyl adjacent to an activating group) is 1. The van der Waals surface area contributed by atoms with E-state index in [4.69, 9.17) is 15.6 Å². The Morgan fingerprint density at radius 1 is 1.33 bits per heavy atom. The predicted octanol–water partition coefficient (Wildman–Crippen LogP) is 0.673. The van der Waals surface area contributed by atoms with Crippen LogP contribution in [-0.4, -0.2) is 57.0 Å². The van der Waals surface area contributed by atoms with Crippen LogP contribution in [0.15, 0.2) is 29.2 Å². The van der Waals surface area contributed by atoms with Crippen LogP contribution in [0.4, 0.5) is 0 Å². The van der Waals surface area contributed by atoms with Gasteiger partial charge in [0.2, 0.25) is 15.9 Å². The maximum atomic E-state index is 11.8. The molecule has 1 atom stereocenters. The second-order valence-corrected chi connectivity index (χ2v) is 7.67. The van der Waals surface area contributed by atoms with Gasteiger partial charge in [0.05, 0.1) is 17.3 Å². The summed E-state index contributed by atoms with van der Waals surface area (Å²) >= 11 is 1.47. The quantitative estimate of drug-likeness (QED) is 0.592. The normalized spacial score (nSPS) is 12.2. The molecule has 138 valence electrons. The number of sulfonamides is 1. The number of nitrogens with zero attached hydrogens (tertiary/aromatic N) is 1. The van der Waals surface area contributed by atoms with Crippen molar-refractivity contribution in [3.05, 3.63) is 24.3 Å². The molecular formula is C14H24ClN3O4S2. The highest BCUT2D eigenvalue weighted by molar-refractivity contribution is 7.99. The summed E-state index contributed by atoms with van der Waals surface area (Å²) in [5.41, 5.74) is 5.52. The highest BCUT2D eigenvalue weighted by Gasteiger charge is 2.13. The van der Waals surface area contributed by atoms with Crippen LogP contribution in [0.3, 0.4) is 0 Å². The van der Waals surface area contributed by atoms with Gasteiger partial charge in [0.15, 0.2) is 0 Å². The Hall–Kier alpha value is -1.00. The van der Waals surface area contributed by atoms with E-state index in [1.54, 1.807) is 24.1 Å². The number of rotatable bonds is 9. The first-order chi connectivity index (χ1) is 10.8. The van der Waals surface area contributed by atoms with Gasteiger partial charge in [-0.15, -0.1) is 24.2 Å². The van der Waals surface area contributed by atoms with Gasteiger partial charge in [-0.2, -0.15) is 0 Å². The zero-order valence-electron chi connectivity index (χ0n) is 13.7. The van der Waals surface area contributed by atoms with Crippen LogP contribution >= 0.6 is 24.2 Å². The number of halogens is 1. The monoisotopic (exact) mass is 397 g/mol. The van der Waals surface area contributed by atoms with Gasteiger partial charge in [-0.1, -0.05) is 0 Å². The molecule has 1 unspecified atom stereocenters. The fraction of sp³-hybridized carbons (Fsp3) is 0.500. The smallest absolute Gasteiger partial charge is 0.238 e. The van der Waals surface area contributed by atoms with Crippen LogP contribution in [0.1, 0.15) is 6.92 Å². The van der Waals surface area contributed by atoms with Crippen molar-refractivity contribution in [3.8, 4) is 5.75 Å². The topological polar surface area (TPSA) is 116 Å². The van der Waals surface area contributed by atoms with E-state index in [-0.39, 0.29) is 29.3 Å². The van der Waals surface area contributed by atoms with Crippen molar-refractivity contribution < 1.29 is 17.9 Å². The van der Waals surface area contributed by atoms with E-state index in [0.29, 0.717) is 30.4 Å². The number of thioether (sulfide) groups is 1. The third-order valence-electron chi connectivity index (χ3n) is 3.27. The predicted molar refractivity (Wildman–Crippen MR) is 99.2 cm³/mol. The van der Waals surface area contributed by atoms with Crippen LogP contribution < -0.4 is 15.6 Å². The van der Waals surface area contributed by atoms with Crippen molar-refractivity contribution in [2.24, 2.45) is 10.9 Å². The number of hydrogen-bond donors (Lipinski definition) is 2. The molecule has 0 aromatic heterocycles. The Kier molecular flexibility index (Phi) is 10.3. The standard InChI is InChI=1S/C14H23N3O4S2.ClH/c1-11(9-15)17(2)14(18)10-22-8-7-21-12-3-5-13(6-4-12)23(16,19)20;/h3-6,11H,7-10,15H2,1-2H3,(H2,16,19,20);1H. The van der Waals surface area contributed by atoms with E-state index in [0.717, 1.165) is 0 Å². The first-order valence-electron chi connectivity index (χ1n) is 7.05. The number of benzene rings is 1. The zero-order valence-corrected chi connectivity index (χ0v) is 16.1. The third-order valence-corrected chi connectivity index (χ3v) is 5.11. The number of carbonyl (C=O) groups is 1. The van der Waals surface area contributed by atoms with Gasteiger partial charge in [-0.3, -0.25) is 4.79 Å². The average molecular weight is 398 g/mol. The minimum absolute atomic E-state index is 0. The molecule has 0 aliphatic carbocycles. The summed E-state index contributed by atoms with van der Waals surface area (Å²) in [5.74, 6) is 1.60. The first kappa shape index (κ1) is 23.0. The van der Waals surface area contributed by atoms with Gasteiger partial charge in [0, 0.05) is 25.4 Å². The summed E-state index contributed by atoms with van der Waals surface area (Å²) in [4.78, 5) is 13.5. The van der Waals surface area contributed by atoms with Gasteiger partial charge < -0.3 is 15.4 Å². The lowest BCUT2D eigenvalue weighted by atomic mass is 10.3. The van der Waals surface area contributed by atoms with Crippen molar-refractivity contribution >= 4 is 40.1 Å². The van der Waals surface area contributed by atoms with E-state index in [2.05, 4.69) is 0 Å². The summed E-state index contributed by atoms with van der Waals surface area (Å²) in [6.45, 7) is 2.75. The molecule has 0 aliphatic heterocycles. The molecule has 1 amide bonds. The minimum Gasteiger partial charge on any atom is -0.493 e. The molecule has 0 radical (unpaired) electrons. The Morgan fingerprint density at radius 3 is 2.42 bits per heavy atom. The number of primary sulfonamides is 1. The van der Waals surface area contributed by atoms with Crippen molar-refractivity contribution in [1.82, 2.24) is 4.90 Å². The molecule has 24 heavy (non-hydrogen) atoms. The van der Waals surface area contributed by atoms with E-state index in [9.17, 15) is 13.2 Å². The highest BCUT2D eigenvalue weighted by Crippen LogP contribution is 2.15. The maximum Gasteiger partial charge on any atom is 0.238 e. The number of ether oxygens (including phenoxy) is 1. The summed E-state index contributed by atoms with van der Waals surface area (Å²) < 4.78 is 27.7. The lowest BCUT2D eigenvalue weighted by Gasteiger charge is -2.23. The molecule has 4 N–H and O–H groups in total. The maximum absolute atomic E-state index is 11.8. The molecule has 1 rings (SSSR count). The van der Waals surface area contributed by atoms with Crippen molar-refractivity contribution in [3.63, 3.8) is 0 Å². The largest absolute Gasteiger partial charge is 0.493 e. The second-order valence-electron chi connectivity index (χ2n) is 5.01. The summed E-state index contributed by atoms with van der Waals surface area (Å²) in [6.07, 6.45) is 0. The molecule has 0 fully saturated rings. The molecule has 0 saturated heterocycles. The number of carbonyl (C=O) groups excluding carboxylic acids is 1. The molecule has 7 nitrogen and oxygen atoms in total. The summed E-state index contributed by atoms with van der Waals surface area (Å²) in [5, 5.41) is 5.01. The minimum atomic E-state index is -3.69. The lowest BCUT2D eigenvalue weighted by molar-refractivity contribution is -0.128. The Morgan fingerprint density at radius 2 is 1.92 bits per heavy atom. The third kappa shape index (κ3) is 7.71. The summed E-state index contributed by atoms with van der Waals surface area (Å²) in [7, 11) is -1.95. The molecule has 10 heteroatoms. The van der Waals surface area contributed by atoms with Gasteiger partial charge in [0.25, 0.3) is 0 Å². The fourth-order valence-electron chi connectivity index (χ4n) is 1.61. The fourth-order valence-corrected chi connectivity index (χ4v) is 2.85. The summed E-state index contributed by atoms with van der Waals surface area (Å²) in [6, 6.07) is 5.91. The van der Waals surface area contributed by atoms with Crippen molar-refractivity contribution in [2.75, 3.05) is 31.7 Å². The van der Waals surface area contributed by atoms with Gasteiger partial charge in [-0.05, 0) is 31.2 Å². The van der Waals surface area contributed by atoms with E-state index in [1.165, 1.54) is 23.9 Å². The van der Waals surface area contributed by atoms with Crippen molar-refractivity contribution in [2.45, 2.75) is 17.9 Å². The SMILES string of the molecule is CC(CN)N(C)C(=O)CSCCOc1ccc(S(N)(=O)=O)cc1.Cl. The van der Waals surface area contributed by atoms with E-state index in [1.807, 2.05) is 6.92 Å². The molecule has 0 aliphatic rings.